The summed E-state index contributed by atoms with van der Waals surface area (Å²) in [4.78, 5) is 27.7. The maximum absolute atomic E-state index is 13.5. The lowest BCUT2D eigenvalue weighted by Gasteiger charge is -2.36. The Morgan fingerprint density at radius 2 is 1.79 bits per heavy atom. The maximum atomic E-state index is 13.5. The number of benzene rings is 3. The highest BCUT2D eigenvalue weighted by molar-refractivity contribution is 6.11. The van der Waals surface area contributed by atoms with Crippen LogP contribution in [0.3, 0.4) is 0 Å². The average Bonchev–Trinajstić information content (AvgIpc) is 3.21. The van der Waals surface area contributed by atoms with E-state index in [1.165, 1.54) is 4.90 Å². The first-order chi connectivity index (χ1) is 14.1. The van der Waals surface area contributed by atoms with Gasteiger partial charge in [-0.3, -0.25) is 9.69 Å². The monoisotopic (exact) mass is 387 g/mol. The second-order valence-electron chi connectivity index (χ2n) is 6.93. The molecule has 0 N–H and O–H groups in total. The SMILES string of the molecule is Cc1cccc(C(=O)N2c3ccccc3C(=O)O[C@H]2c2ccc3c(c2)OCO3)c1. The summed E-state index contributed by atoms with van der Waals surface area (Å²) in [5.41, 5.74) is 2.97. The van der Waals surface area contributed by atoms with E-state index in [2.05, 4.69) is 0 Å². The highest BCUT2D eigenvalue weighted by atomic mass is 16.7. The predicted octanol–water partition coefficient (Wildman–Crippen LogP) is 4.24. The van der Waals surface area contributed by atoms with Crippen LogP contribution in [0.2, 0.25) is 0 Å². The highest BCUT2D eigenvalue weighted by Crippen LogP contribution is 2.41. The van der Waals surface area contributed by atoms with Crippen LogP contribution in [0.25, 0.3) is 0 Å². The van der Waals surface area contributed by atoms with Crippen molar-refractivity contribution in [2.24, 2.45) is 0 Å². The van der Waals surface area contributed by atoms with Crippen molar-refractivity contribution in [3.05, 3.63) is 89.0 Å². The van der Waals surface area contributed by atoms with Crippen LogP contribution < -0.4 is 14.4 Å². The third-order valence-corrected chi connectivity index (χ3v) is 5.00. The number of hydrogen-bond acceptors (Lipinski definition) is 5. The molecule has 1 atom stereocenters. The van der Waals surface area contributed by atoms with E-state index >= 15 is 0 Å². The fourth-order valence-corrected chi connectivity index (χ4v) is 3.62. The number of para-hydroxylation sites is 1. The van der Waals surface area contributed by atoms with E-state index in [-0.39, 0.29) is 12.7 Å². The Balaban J connectivity index is 1.65. The van der Waals surface area contributed by atoms with Gasteiger partial charge in [0, 0.05) is 11.1 Å². The van der Waals surface area contributed by atoms with Crippen molar-refractivity contribution in [2.45, 2.75) is 13.2 Å². The highest BCUT2D eigenvalue weighted by Gasteiger charge is 2.38. The van der Waals surface area contributed by atoms with Crippen molar-refractivity contribution in [1.82, 2.24) is 0 Å². The van der Waals surface area contributed by atoms with Gasteiger partial charge < -0.3 is 14.2 Å². The minimum atomic E-state index is -0.917. The number of amides is 1. The summed E-state index contributed by atoms with van der Waals surface area (Å²) in [7, 11) is 0. The fourth-order valence-electron chi connectivity index (χ4n) is 3.62. The molecular weight excluding hydrogens is 370 g/mol. The number of hydrogen-bond donors (Lipinski definition) is 0. The molecule has 0 spiro atoms. The quantitative estimate of drug-likeness (QED) is 0.616. The van der Waals surface area contributed by atoms with Crippen molar-refractivity contribution >= 4 is 17.6 Å². The number of carbonyl (C=O) groups excluding carboxylic acids is 2. The van der Waals surface area contributed by atoms with E-state index in [4.69, 9.17) is 14.2 Å². The lowest BCUT2D eigenvalue weighted by atomic mass is 10.0. The van der Waals surface area contributed by atoms with E-state index in [9.17, 15) is 9.59 Å². The summed E-state index contributed by atoms with van der Waals surface area (Å²) >= 11 is 0. The number of cyclic esters (lactones) is 1. The van der Waals surface area contributed by atoms with Crippen LogP contribution >= 0.6 is 0 Å². The summed E-state index contributed by atoms with van der Waals surface area (Å²) in [5.74, 6) is 0.445. The Morgan fingerprint density at radius 1 is 0.966 bits per heavy atom. The smallest absolute Gasteiger partial charge is 0.342 e. The average molecular weight is 387 g/mol. The molecule has 29 heavy (non-hydrogen) atoms. The molecular formula is C23H17NO5. The molecule has 0 bridgehead atoms. The number of fused-ring (bicyclic) bond motifs is 2. The molecule has 144 valence electrons. The van der Waals surface area contributed by atoms with Gasteiger partial charge in [-0.2, -0.15) is 0 Å². The largest absolute Gasteiger partial charge is 0.454 e. The summed E-state index contributed by atoms with van der Waals surface area (Å²) in [6.07, 6.45) is -0.917. The maximum Gasteiger partial charge on any atom is 0.342 e. The van der Waals surface area contributed by atoms with Crippen LogP contribution in [0, 0.1) is 6.92 Å². The Morgan fingerprint density at radius 3 is 2.66 bits per heavy atom. The zero-order valence-corrected chi connectivity index (χ0v) is 15.6. The molecule has 0 saturated heterocycles. The number of aryl methyl sites for hydroxylation is 1. The molecule has 0 unspecified atom stereocenters. The van der Waals surface area contributed by atoms with Crippen LogP contribution in [0.1, 0.15) is 38.1 Å². The van der Waals surface area contributed by atoms with Gasteiger partial charge in [0.2, 0.25) is 13.0 Å². The van der Waals surface area contributed by atoms with E-state index in [1.807, 2.05) is 25.1 Å². The van der Waals surface area contributed by atoms with E-state index in [0.29, 0.717) is 33.9 Å². The molecule has 3 aromatic carbocycles. The fraction of sp³-hybridized carbons (Fsp3) is 0.130. The molecule has 1 amide bonds. The third kappa shape index (κ3) is 2.89. The molecule has 6 nitrogen and oxygen atoms in total. The van der Waals surface area contributed by atoms with E-state index in [0.717, 1.165) is 5.56 Å². The Kier molecular flexibility index (Phi) is 3.98. The molecule has 0 aliphatic carbocycles. The van der Waals surface area contributed by atoms with E-state index < -0.39 is 12.2 Å². The first-order valence-corrected chi connectivity index (χ1v) is 9.21. The van der Waals surface area contributed by atoms with Gasteiger partial charge in [0.1, 0.15) is 0 Å². The zero-order valence-electron chi connectivity index (χ0n) is 15.6. The van der Waals surface area contributed by atoms with Crippen LogP contribution in [-0.2, 0) is 4.74 Å². The van der Waals surface area contributed by atoms with Crippen molar-refractivity contribution in [2.75, 3.05) is 11.7 Å². The number of ether oxygens (including phenoxy) is 3. The van der Waals surface area contributed by atoms with Gasteiger partial charge in [0.25, 0.3) is 5.91 Å². The van der Waals surface area contributed by atoms with Gasteiger partial charge in [0.05, 0.1) is 11.3 Å². The standard InChI is InChI=1S/C23H17NO5/c1-14-5-4-6-15(11-14)21(25)24-18-8-3-2-7-17(18)23(26)29-22(24)16-9-10-19-20(12-16)28-13-27-19/h2-12,22H,13H2,1H3/t22-/m0/s1. The molecule has 2 heterocycles. The minimum absolute atomic E-state index is 0.137. The molecule has 2 aliphatic heterocycles. The molecule has 3 aromatic rings. The summed E-state index contributed by atoms with van der Waals surface area (Å²) in [5, 5.41) is 0. The topological polar surface area (TPSA) is 65.1 Å². The molecule has 6 heteroatoms. The first-order valence-electron chi connectivity index (χ1n) is 9.21. The first kappa shape index (κ1) is 17.3. The number of anilines is 1. The number of rotatable bonds is 2. The minimum Gasteiger partial charge on any atom is -0.454 e. The summed E-state index contributed by atoms with van der Waals surface area (Å²) in [6.45, 7) is 2.06. The third-order valence-electron chi connectivity index (χ3n) is 5.00. The van der Waals surface area contributed by atoms with Gasteiger partial charge in [-0.15, -0.1) is 0 Å². The van der Waals surface area contributed by atoms with Crippen molar-refractivity contribution < 1.29 is 23.8 Å². The number of carbonyl (C=O) groups is 2. The number of nitrogens with zero attached hydrogens (tertiary/aromatic N) is 1. The van der Waals surface area contributed by atoms with Crippen LogP contribution in [0.5, 0.6) is 11.5 Å². The Bertz CT molecular complexity index is 1140. The molecule has 2 aliphatic rings. The molecule has 0 aromatic heterocycles. The van der Waals surface area contributed by atoms with Gasteiger partial charge in [0.15, 0.2) is 11.5 Å². The van der Waals surface area contributed by atoms with Crippen molar-refractivity contribution in [3.8, 4) is 11.5 Å². The lowest BCUT2D eigenvalue weighted by molar-refractivity contribution is 0.0248. The van der Waals surface area contributed by atoms with Crippen molar-refractivity contribution in [3.63, 3.8) is 0 Å². The normalized spacial score (nSPS) is 16.9. The molecule has 0 fully saturated rings. The van der Waals surface area contributed by atoms with Gasteiger partial charge >= 0.3 is 5.97 Å². The Hall–Kier alpha value is -3.80. The van der Waals surface area contributed by atoms with Crippen LogP contribution in [0.15, 0.2) is 66.7 Å². The van der Waals surface area contributed by atoms with E-state index in [1.54, 1.807) is 48.5 Å². The van der Waals surface area contributed by atoms with Crippen LogP contribution in [0.4, 0.5) is 5.69 Å². The van der Waals surface area contributed by atoms with Gasteiger partial charge in [-0.05, 0) is 49.4 Å². The van der Waals surface area contributed by atoms with Crippen LogP contribution in [-0.4, -0.2) is 18.7 Å². The molecule has 0 saturated carbocycles. The van der Waals surface area contributed by atoms with Crippen molar-refractivity contribution in [1.29, 1.82) is 0 Å². The summed E-state index contributed by atoms with van der Waals surface area (Å²) in [6, 6.07) is 19.6. The zero-order chi connectivity index (χ0) is 20.0. The molecule has 0 radical (unpaired) electrons. The summed E-state index contributed by atoms with van der Waals surface area (Å²) < 4.78 is 16.5. The second kappa shape index (κ2) is 6.67. The lowest BCUT2D eigenvalue weighted by Crippen LogP contribution is -2.41. The van der Waals surface area contributed by atoms with Gasteiger partial charge in [-0.25, -0.2) is 4.79 Å². The molecule has 5 rings (SSSR count). The Labute approximate surface area is 167 Å². The number of esters is 1. The second-order valence-corrected chi connectivity index (χ2v) is 6.93. The predicted molar refractivity (Wildman–Crippen MR) is 105 cm³/mol. The van der Waals surface area contributed by atoms with Gasteiger partial charge in [-0.1, -0.05) is 29.8 Å².